The van der Waals surface area contributed by atoms with Crippen LogP contribution >= 0.6 is 0 Å². The quantitative estimate of drug-likeness (QED) is 0.660. The Morgan fingerprint density at radius 1 is 1.54 bits per heavy atom. The van der Waals surface area contributed by atoms with Gasteiger partial charge in [0, 0.05) is 19.3 Å². The van der Waals surface area contributed by atoms with Crippen molar-refractivity contribution >= 4 is 5.97 Å². The van der Waals surface area contributed by atoms with E-state index in [2.05, 4.69) is 0 Å². The van der Waals surface area contributed by atoms with Crippen LogP contribution in [0.4, 0.5) is 0 Å². The molecule has 1 N–H and O–H groups in total. The molecule has 0 aromatic rings. The first-order valence-electron chi connectivity index (χ1n) is 4.38. The summed E-state index contributed by atoms with van der Waals surface area (Å²) in [5.41, 5.74) is 0. The lowest BCUT2D eigenvalue weighted by atomic mass is 10.2. The van der Waals surface area contributed by atoms with Gasteiger partial charge < -0.3 is 14.6 Å². The molecule has 1 fully saturated rings. The van der Waals surface area contributed by atoms with Crippen LogP contribution in [0.5, 0.6) is 0 Å². The van der Waals surface area contributed by atoms with Gasteiger partial charge in [0.1, 0.15) is 0 Å². The number of ether oxygens (including phenoxy) is 2. The van der Waals surface area contributed by atoms with E-state index in [4.69, 9.17) is 14.6 Å². The summed E-state index contributed by atoms with van der Waals surface area (Å²) in [5, 5.41) is 8.29. The Labute approximate surface area is 77.1 Å². The fourth-order valence-corrected chi connectivity index (χ4v) is 1.18. The summed E-state index contributed by atoms with van der Waals surface area (Å²) in [6, 6.07) is 0. The zero-order valence-corrected chi connectivity index (χ0v) is 7.44. The SMILES string of the molecule is O=C(O)/C=C/COC1CCOCC1. The van der Waals surface area contributed by atoms with Crippen LogP contribution in [0.2, 0.25) is 0 Å². The van der Waals surface area contributed by atoms with E-state index < -0.39 is 5.97 Å². The fourth-order valence-electron chi connectivity index (χ4n) is 1.18. The summed E-state index contributed by atoms with van der Waals surface area (Å²) in [5.74, 6) is -0.935. The standard InChI is InChI=1S/C9H14O4/c10-9(11)2-1-5-13-8-3-6-12-7-4-8/h1-2,8H,3-7H2,(H,10,11)/b2-1+. The van der Waals surface area contributed by atoms with Gasteiger partial charge in [0.15, 0.2) is 0 Å². The van der Waals surface area contributed by atoms with E-state index in [-0.39, 0.29) is 6.10 Å². The summed E-state index contributed by atoms with van der Waals surface area (Å²) < 4.78 is 10.6. The molecule has 4 heteroatoms. The summed E-state index contributed by atoms with van der Waals surface area (Å²) in [7, 11) is 0. The topological polar surface area (TPSA) is 55.8 Å². The Kier molecular flexibility index (Phi) is 4.49. The lowest BCUT2D eigenvalue weighted by molar-refractivity contribution is -0.131. The van der Waals surface area contributed by atoms with Crippen molar-refractivity contribution in [3.63, 3.8) is 0 Å². The largest absolute Gasteiger partial charge is 0.478 e. The van der Waals surface area contributed by atoms with Gasteiger partial charge in [-0.15, -0.1) is 0 Å². The van der Waals surface area contributed by atoms with Crippen LogP contribution in [0.1, 0.15) is 12.8 Å². The van der Waals surface area contributed by atoms with Crippen molar-refractivity contribution in [1.29, 1.82) is 0 Å². The van der Waals surface area contributed by atoms with Crippen molar-refractivity contribution in [2.75, 3.05) is 19.8 Å². The molecular weight excluding hydrogens is 172 g/mol. The highest BCUT2D eigenvalue weighted by Gasteiger charge is 2.12. The monoisotopic (exact) mass is 186 g/mol. The molecule has 13 heavy (non-hydrogen) atoms. The Morgan fingerprint density at radius 2 is 2.23 bits per heavy atom. The first-order chi connectivity index (χ1) is 6.29. The average molecular weight is 186 g/mol. The number of hydrogen-bond donors (Lipinski definition) is 1. The van der Waals surface area contributed by atoms with Crippen molar-refractivity contribution in [2.45, 2.75) is 18.9 Å². The maximum Gasteiger partial charge on any atom is 0.328 e. The maximum absolute atomic E-state index is 10.1. The number of carboxylic acids is 1. The van der Waals surface area contributed by atoms with Gasteiger partial charge in [0.25, 0.3) is 0 Å². The average Bonchev–Trinajstić information content (AvgIpc) is 2.14. The molecule has 1 rings (SSSR count). The molecule has 1 aliphatic rings. The van der Waals surface area contributed by atoms with Crippen LogP contribution in [0.3, 0.4) is 0 Å². The maximum atomic E-state index is 10.1. The lowest BCUT2D eigenvalue weighted by Crippen LogP contribution is -2.23. The molecule has 1 saturated heterocycles. The molecule has 0 aromatic carbocycles. The Morgan fingerprint density at radius 3 is 2.85 bits per heavy atom. The molecule has 0 saturated carbocycles. The van der Waals surface area contributed by atoms with Crippen LogP contribution in [0.25, 0.3) is 0 Å². The summed E-state index contributed by atoms with van der Waals surface area (Å²) in [6.07, 6.45) is 4.64. The first-order valence-corrected chi connectivity index (χ1v) is 4.38. The molecule has 0 radical (unpaired) electrons. The van der Waals surface area contributed by atoms with Gasteiger partial charge in [-0.25, -0.2) is 4.79 Å². The third-order valence-electron chi connectivity index (χ3n) is 1.86. The van der Waals surface area contributed by atoms with Gasteiger partial charge >= 0.3 is 5.97 Å². The Hall–Kier alpha value is -0.870. The molecule has 0 aromatic heterocycles. The predicted molar refractivity (Wildman–Crippen MR) is 46.6 cm³/mol. The van der Waals surface area contributed by atoms with Gasteiger partial charge in [-0.2, -0.15) is 0 Å². The lowest BCUT2D eigenvalue weighted by Gasteiger charge is -2.21. The number of carbonyl (C=O) groups is 1. The van der Waals surface area contributed by atoms with Crippen molar-refractivity contribution in [3.05, 3.63) is 12.2 Å². The number of hydrogen-bond acceptors (Lipinski definition) is 3. The van der Waals surface area contributed by atoms with Crippen molar-refractivity contribution in [1.82, 2.24) is 0 Å². The minimum atomic E-state index is -0.935. The highest BCUT2D eigenvalue weighted by molar-refractivity contribution is 5.79. The zero-order valence-electron chi connectivity index (χ0n) is 7.44. The minimum absolute atomic E-state index is 0.229. The van der Waals surface area contributed by atoms with E-state index in [1.165, 1.54) is 6.08 Å². The molecule has 4 nitrogen and oxygen atoms in total. The smallest absolute Gasteiger partial charge is 0.328 e. The highest BCUT2D eigenvalue weighted by Crippen LogP contribution is 2.09. The Balaban J connectivity index is 2.07. The third-order valence-corrected chi connectivity index (χ3v) is 1.86. The molecule has 0 spiro atoms. The van der Waals surface area contributed by atoms with Gasteiger partial charge in [0.2, 0.25) is 0 Å². The number of carboxylic acid groups (broad SMARTS) is 1. The van der Waals surface area contributed by atoms with E-state index in [1.54, 1.807) is 0 Å². The summed E-state index contributed by atoms with van der Waals surface area (Å²) in [4.78, 5) is 10.1. The fraction of sp³-hybridized carbons (Fsp3) is 0.667. The molecule has 0 unspecified atom stereocenters. The second-order valence-electron chi connectivity index (χ2n) is 2.89. The normalized spacial score (nSPS) is 19.4. The van der Waals surface area contributed by atoms with Crippen LogP contribution < -0.4 is 0 Å². The summed E-state index contributed by atoms with van der Waals surface area (Å²) in [6.45, 7) is 1.86. The first kappa shape index (κ1) is 10.2. The second kappa shape index (κ2) is 5.72. The zero-order chi connectivity index (χ0) is 9.52. The molecule has 1 aliphatic heterocycles. The molecule has 0 amide bonds. The predicted octanol–water partition coefficient (Wildman–Crippen LogP) is 0.823. The van der Waals surface area contributed by atoms with Crippen LogP contribution in [0, 0.1) is 0 Å². The second-order valence-corrected chi connectivity index (χ2v) is 2.89. The van der Waals surface area contributed by atoms with E-state index in [0.717, 1.165) is 32.1 Å². The van der Waals surface area contributed by atoms with Crippen molar-refractivity contribution in [2.24, 2.45) is 0 Å². The van der Waals surface area contributed by atoms with Crippen LogP contribution in [0.15, 0.2) is 12.2 Å². The van der Waals surface area contributed by atoms with Gasteiger partial charge in [-0.3, -0.25) is 0 Å². The Bertz CT molecular complexity index is 182. The molecule has 0 bridgehead atoms. The van der Waals surface area contributed by atoms with E-state index in [9.17, 15) is 4.79 Å². The third kappa shape index (κ3) is 4.65. The van der Waals surface area contributed by atoms with Gasteiger partial charge in [-0.05, 0) is 12.8 Å². The van der Waals surface area contributed by atoms with Crippen LogP contribution in [-0.4, -0.2) is 37.0 Å². The summed E-state index contributed by atoms with van der Waals surface area (Å²) >= 11 is 0. The molecular formula is C9H14O4. The molecule has 0 atom stereocenters. The highest BCUT2D eigenvalue weighted by atomic mass is 16.5. The number of rotatable bonds is 4. The van der Waals surface area contributed by atoms with Crippen molar-refractivity contribution in [3.8, 4) is 0 Å². The van der Waals surface area contributed by atoms with Crippen LogP contribution in [-0.2, 0) is 14.3 Å². The van der Waals surface area contributed by atoms with E-state index >= 15 is 0 Å². The molecule has 0 aliphatic carbocycles. The van der Waals surface area contributed by atoms with Gasteiger partial charge in [0.05, 0.1) is 12.7 Å². The molecule has 1 heterocycles. The van der Waals surface area contributed by atoms with Crippen molar-refractivity contribution < 1.29 is 19.4 Å². The minimum Gasteiger partial charge on any atom is -0.478 e. The van der Waals surface area contributed by atoms with Gasteiger partial charge in [-0.1, -0.05) is 6.08 Å². The number of aliphatic carboxylic acids is 1. The molecule has 74 valence electrons. The van der Waals surface area contributed by atoms with E-state index in [1.807, 2.05) is 0 Å². The van der Waals surface area contributed by atoms with E-state index in [0.29, 0.717) is 6.61 Å².